The van der Waals surface area contributed by atoms with Crippen molar-refractivity contribution in [2.75, 3.05) is 6.54 Å². The van der Waals surface area contributed by atoms with Crippen LogP contribution in [0, 0.1) is 5.92 Å². The molecule has 6 nitrogen and oxygen atoms in total. The maximum absolute atomic E-state index is 12.1. The Labute approximate surface area is 151 Å². The maximum atomic E-state index is 12.1. The van der Waals surface area contributed by atoms with Crippen molar-refractivity contribution in [2.24, 2.45) is 5.92 Å². The third-order valence-electron chi connectivity index (χ3n) is 4.67. The summed E-state index contributed by atoms with van der Waals surface area (Å²) in [7, 11) is 0. The zero-order valence-electron chi connectivity index (χ0n) is 14.3. The van der Waals surface area contributed by atoms with Gasteiger partial charge in [0.2, 0.25) is 17.6 Å². The number of aryl methyl sites for hydroxylation is 1. The average Bonchev–Trinajstić information content (AvgIpc) is 3.33. The number of hydrogen-bond acceptors (Lipinski definition) is 5. The van der Waals surface area contributed by atoms with Crippen LogP contribution in [0.2, 0.25) is 0 Å². The fraction of sp³-hybridized carbons (Fsp3) is 0.300. The minimum Gasteiger partial charge on any atom is -0.356 e. The molecule has 2 atom stereocenters. The number of carbonyl (C=O) groups excluding carboxylic acids is 1. The van der Waals surface area contributed by atoms with E-state index in [1.54, 1.807) is 12.4 Å². The van der Waals surface area contributed by atoms with Crippen molar-refractivity contribution in [3.8, 4) is 11.4 Å². The number of amides is 1. The van der Waals surface area contributed by atoms with E-state index in [2.05, 4.69) is 44.7 Å². The molecule has 3 aromatic rings. The third-order valence-corrected chi connectivity index (χ3v) is 4.67. The van der Waals surface area contributed by atoms with Gasteiger partial charge in [0, 0.05) is 37.3 Å². The van der Waals surface area contributed by atoms with Crippen LogP contribution in [0.25, 0.3) is 11.4 Å². The van der Waals surface area contributed by atoms with E-state index in [0.717, 1.165) is 18.5 Å². The van der Waals surface area contributed by atoms with E-state index in [4.69, 9.17) is 4.52 Å². The molecule has 0 radical (unpaired) electrons. The Morgan fingerprint density at radius 1 is 1.19 bits per heavy atom. The summed E-state index contributed by atoms with van der Waals surface area (Å²) in [6, 6.07) is 14.1. The number of carbonyl (C=O) groups is 1. The molecule has 0 unspecified atom stereocenters. The molecule has 4 rings (SSSR count). The first-order valence-electron chi connectivity index (χ1n) is 8.84. The largest absolute Gasteiger partial charge is 0.356 e. The summed E-state index contributed by atoms with van der Waals surface area (Å²) in [6.45, 7) is 0.725. The van der Waals surface area contributed by atoms with Gasteiger partial charge in [-0.1, -0.05) is 35.5 Å². The summed E-state index contributed by atoms with van der Waals surface area (Å²) < 4.78 is 5.21. The Balaban J connectivity index is 1.21. The van der Waals surface area contributed by atoms with Crippen molar-refractivity contribution in [1.29, 1.82) is 0 Å². The second kappa shape index (κ2) is 7.47. The number of nitrogens with zero attached hydrogens (tertiary/aromatic N) is 3. The van der Waals surface area contributed by atoms with Crippen LogP contribution in [0.5, 0.6) is 0 Å². The van der Waals surface area contributed by atoms with Gasteiger partial charge in [0.1, 0.15) is 0 Å². The normalized spacial score (nSPS) is 18.5. The van der Waals surface area contributed by atoms with Crippen molar-refractivity contribution >= 4 is 5.91 Å². The van der Waals surface area contributed by atoms with E-state index in [9.17, 15) is 4.79 Å². The highest BCUT2D eigenvalue weighted by molar-refractivity contribution is 5.76. The van der Waals surface area contributed by atoms with E-state index >= 15 is 0 Å². The van der Waals surface area contributed by atoms with Crippen LogP contribution >= 0.6 is 0 Å². The third kappa shape index (κ3) is 3.96. The molecule has 0 aliphatic heterocycles. The molecule has 0 spiro atoms. The van der Waals surface area contributed by atoms with E-state index < -0.39 is 0 Å². The first-order valence-corrected chi connectivity index (χ1v) is 8.84. The maximum Gasteiger partial charge on any atom is 0.227 e. The molecule has 132 valence electrons. The lowest BCUT2D eigenvalue weighted by molar-refractivity contribution is -0.121. The van der Waals surface area contributed by atoms with Crippen molar-refractivity contribution in [3.63, 3.8) is 0 Å². The number of rotatable bonds is 7. The molecule has 0 saturated heterocycles. The summed E-state index contributed by atoms with van der Waals surface area (Å²) in [5.41, 5.74) is 2.16. The highest BCUT2D eigenvalue weighted by atomic mass is 16.5. The second-order valence-corrected chi connectivity index (χ2v) is 6.57. The Bertz CT molecular complexity index is 864. The molecule has 0 bridgehead atoms. The van der Waals surface area contributed by atoms with Gasteiger partial charge in [-0.3, -0.25) is 9.78 Å². The van der Waals surface area contributed by atoms with Crippen LogP contribution in [0.3, 0.4) is 0 Å². The Morgan fingerprint density at radius 2 is 2.08 bits per heavy atom. The SMILES string of the molecule is O=C(CCc1nc(-c2cccnc2)no1)NC[C@@H]1C[C@@H]1c1ccccc1. The minimum atomic E-state index is 0.0184. The first kappa shape index (κ1) is 16.4. The standard InChI is InChI=1S/C20H20N4O2/c25-18(22-13-16-11-17(16)14-5-2-1-3-6-14)8-9-19-23-20(24-26-19)15-7-4-10-21-12-15/h1-7,10,12,16-17H,8-9,11,13H2,(H,22,25)/t16-,17+/m0/s1. The average molecular weight is 348 g/mol. The van der Waals surface area contributed by atoms with Gasteiger partial charge in [0.25, 0.3) is 0 Å². The number of aromatic nitrogens is 3. The van der Waals surface area contributed by atoms with E-state index in [-0.39, 0.29) is 5.91 Å². The quantitative estimate of drug-likeness (QED) is 0.710. The molecule has 1 saturated carbocycles. The summed E-state index contributed by atoms with van der Waals surface area (Å²) in [5, 5.41) is 6.95. The molecular weight excluding hydrogens is 328 g/mol. The molecule has 1 N–H and O–H groups in total. The zero-order valence-corrected chi connectivity index (χ0v) is 14.3. The molecule has 26 heavy (non-hydrogen) atoms. The topological polar surface area (TPSA) is 80.9 Å². The van der Waals surface area contributed by atoms with E-state index in [1.807, 2.05) is 18.2 Å². The van der Waals surface area contributed by atoms with E-state index in [0.29, 0.717) is 36.4 Å². The Hall–Kier alpha value is -3.02. The van der Waals surface area contributed by atoms with Gasteiger partial charge in [-0.05, 0) is 36.0 Å². The summed E-state index contributed by atoms with van der Waals surface area (Å²) in [5.74, 6) is 2.10. The zero-order chi connectivity index (χ0) is 17.8. The van der Waals surface area contributed by atoms with Crippen LogP contribution in [0.15, 0.2) is 59.4 Å². The highest BCUT2D eigenvalue weighted by Crippen LogP contribution is 2.46. The summed E-state index contributed by atoms with van der Waals surface area (Å²) in [6.07, 6.45) is 5.29. The van der Waals surface area contributed by atoms with E-state index in [1.165, 1.54) is 5.56 Å². The minimum absolute atomic E-state index is 0.0184. The molecule has 1 aromatic carbocycles. The fourth-order valence-corrected chi connectivity index (χ4v) is 3.10. The van der Waals surface area contributed by atoms with Crippen LogP contribution < -0.4 is 5.32 Å². The van der Waals surface area contributed by atoms with Gasteiger partial charge >= 0.3 is 0 Å². The Kier molecular flexibility index (Phi) is 4.73. The van der Waals surface area contributed by atoms with Crippen LogP contribution in [-0.4, -0.2) is 27.6 Å². The first-order chi connectivity index (χ1) is 12.8. The summed E-state index contributed by atoms with van der Waals surface area (Å²) in [4.78, 5) is 20.4. The predicted molar refractivity (Wildman–Crippen MR) is 96.1 cm³/mol. The van der Waals surface area contributed by atoms with Crippen LogP contribution in [0.4, 0.5) is 0 Å². The number of benzene rings is 1. The Morgan fingerprint density at radius 3 is 2.88 bits per heavy atom. The van der Waals surface area contributed by atoms with Crippen molar-refractivity contribution in [2.45, 2.75) is 25.2 Å². The lowest BCUT2D eigenvalue weighted by Crippen LogP contribution is -2.26. The van der Waals surface area contributed by atoms with Gasteiger partial charge in [0.05, 0.1) is 0 Å². The molecule has 1 aliphatic rings. The predicted octanol–water partition coefficient (Wildman–Crippen LogP) is 2.98. The van der Waals surface area contributed by atoms with Crippen LogP contribution in [0.1, 0.15) is 30.2 Å². The molecule has 1 aliphatic carbocycles. The van der Waals surface area contributed by atoms with Crippen molar-refractivity contribution < 1.29 is 9.32 Å². The van der Waals surface area contributed by atoms with Crippen LogP contribution in [-0.2, 0) is 11.2 Å². The lowest BCUT2D eigenvalue weighted by atomic mass is 10.1. The summed E-state index contributed by atoms with van der Waals surface area (Å²) >= 11 is 0. The van der Waals surface area contributed by atoms with Gasteiger partial charge in [-0.25, -0.2) is 0 Å². The molecule has 1 amide bonds. The van der Waals surface area contributed by atoms with Crippen molar-refractivity contribution in [1.82, 2.24) is 20.4 Å². The molecule has 2 aromatic heterocycles. The van der Waals surface area contributed by atoms with Gasteiger partial charge < -0.3 is 9.84 Å². The number of hydrogen-bond donors (Lipinski definition) is 1. The molecule has 1 fully saturated rings. The molecule has 2 heterocycles. The second-order valence-electron chi connectivity index (χ2n) is 6.57. The molecule has 6 heteroatoms. The molecular formula is C20H20N4O2. The smallest absolute Gasteiger partial charge is 0.227 e. The van der Waals surface area contributed by atoms with Crippen molar-refractivity contribution in [3.05, 3.63) is 66.3 Å². The monoisotopic (exact) mass is 348 g/mol. The number of pyridine rings is 1. The van der Waals surface area contributed by atoms with Gasteiger partial charge in [0.15, 0.2) is 0 Å². The van der Waals surface area contributed by atoms with Gasteiger partial charge in [-0.15, -0.1) is 0 Å². The highest BCUT2D eigenvalue weighted by Gasteiger charge is 2.37. The lowest BCUT2D eigenvalue weighted by Gasteiger charge is -2.04. The van der Waals surface area contributed by atoms with Gasteiger partial charge in [-0.2, -0.15) is 4.98 Å². The fourth-order valence-electron chi connectivity index (χ4n) is 3.10. The number of nitrogens with one attached hydrogen (secondary N) is 1.